The van der Waals surface area contributed by atoms with E-state index in [0.717, 1.165) is 4.90 Å². The molecule has 21 heavy (non-hydrogen) atoms. The summed E-state index contributed by atoms with van der Waals surface area (Å²) in [5.74, 6) is -0.224. The van der Waals surface area contributed by atoms with Crippen molar-refractivity contribution in [2.45, 2.75) is 31.6 Å². The minimum atomic E-state index is -4.40. The molecule has 0 atom stereocenters. The fraction of sp³-hybridized carbons (Fsp3) is 0.500. The van der Waals surface area contributed by atoms with Crippen molar-refractivity contribution in [2.24, 2.45) is 5.73 Å². The predicted octanol–water partition coefficient (Wildman–Crippen LogP) is 2.08. The Kier molecular flexibility index (Phi) is 4.72. The maximum atomic E-state index is 12.5. The zero-order valence-electron chi connectivity index (χ0n) is 11.4. The number of hydrogen-bond donors (Lipinski definition) is 1. The Hall–Kier alpha value is -1.76. The number of nitrogens with zero attached hydrogens (tertiary/aromatic N) is 1. The first-order chi connectivity index (χ1) is 9.90. The fourth-order valence-corrected chi connectivity index (χ4v) is 2.04. The van der Waals surface area contributed by atoms with E-state index in [1.165, 1.54) is 0 Å². The topological polar surface area (TPSA) is 55.6 Å². The number of para-hydroxylation sites is 1. The molecule has 1 aromatic carbocycles. The number of ether oxygens (including phenoxy) is 1. The maximum absolute atomic E-state index is 12.5. The molecule has 2 rings (SSSR count). The van der Waals surface area contributed by atoms with Crippen LogP contribution in [0, 0.1) is 0 Å². The van der Waals surface area contributed by atoms with Gasteiger partial charge in [0, 0.05) is 18.2 Å². The zero-order chi connectivity index (χ0) is 15.5. The highest BCUT2D eigenvalue weighted by atomic mass is 19.4. The van der Waals surface area contributed by atoms with Gasteiger partial charge in [0.1, 0.15) is 12.3 Å². The number of carbonyl (C=O) groups excluding carboxylic acids is 1. The second kappa shape index (κ2) is 6.34. The van der Waals surface area contributed by atoms with Gasteiger partial charge in [-0.15, -0.1) is 0 Å². The molecule has 1 saturated carbocycles. The molecule has 1 fully saturated rings. The summed E-state index contributed by atoms with van der Waals surface area (Å²) in [6, 6.07) is 6.56. The first-order valence-electron chi connectivity index (χ1n) is 6.67. The lowest BCUT2D eigenvalue weighted by Crippen LogP contribution is -2.42. The number of hydrogen-bond acceptors (Lipinski definition) is 3. The normalized spacial score (nSPS) is 14.9. The SMILES string of the molecule is NCc1ccccc1OCC(=O)N(CC(F)(F)F)C1CC1. The molecule has 0 unspecified atom stereocenters. The summed E-state index contributed by atoms with van der Waals surface area (Å²) in [6.45, 7) is -1.40. The molecule has 0 heterocycles. The highest BCUT2D eigenvalue weighted by molar-refractivity contribution is 5.78. The Bertz CT molecular complexity index is 501. The summed E-state index contributed by atoms with van der Waals surface area (Å²) in [6.07, 6.45) is -3.17. The molecule has 0 aromatic heterocycles. The average molecular weight is 302 g/mol. The highest BCUT2D eigenvalue weighted by Crippen LogP contribution is 2.30. The molecule has 1 aromatic rings. The third-order valence-corrected chi connectivity index (χ3v) is 3.20. The van der Waals surface area contributed by atoms with Crippen molar-refractivity contribution in [1.29, 1.82) is 0 Å². The lowest BCUT2D eigenvalue weighted by molar-refractivity contribution is -0.163. The summed E-state index contributed by atoms with van der Waals surface area (Å²) >= 11 is 0. The number of rotatable bonds is 6. The summed E-state index contributed by atoms with van der Waals surface area (Å²) in [7, 11) is 0. The molecular weight excluding hydrogens is 285 g/mol. The number of alkyl halides is 3. The van der Waals surface area contributed by atoms with Gasteiger partial charge in [-0.3, -0.25) is 4.79 Å². The molecular formula is C14H17F3N2O2. The predicted molar refractivity (Wildman–Crippen MR) is 70.6 cm³/mol. The third kappa shape index (κ3) is 4.63. The van der Waals surface area contributed by atoms with Crippen LogP contribution in [-0.4, -0.2) is 36.2 Å². The minimum absolute atomic E-state index is 0.235. The van der Waals surface area contributed by atoms with E-state index in [0.29, 0.717) is 24.2 Å². The molecule has 1 amide bonds. The fourth-order valence-electron chi connectivity index (χ4n) is 2.04. The Morgan fingerprint density at radius 2 is 2.00 bits per heavy atom. The van der Waals surface area contributed by atoms with Crippen LogP contribution in [0.5, 0.6) is 5.75 Å². The van der Waals surface area contributed by atoms with Crippen LogP contribution in [0.4, 0.5) is 13.2 Å². The van der Waals surface area contributed by atoms with E-state index >= 15 is 0 Å². The molecule has 7 heteroatoms. The Balaban J connectivity index is 1.96. The van der Waals surface area contributed by atoms with Gasteiger partial charge in [0.15, 0.2) is 6.61 Å². The van der Waals surface area contributed by atoms with Gasteiger partial charge >= 0.3 is 6.18 Å². The first-order valence-corrected chi connectivity index (χ1v) is 6.67. The van der Waals surface area contributed by atoms with E-state index in [2.05, 4.69) is 0 Å². The third-order valence-electron chi connectivity index (χ3n) is 3.20. The van der Waals surface area contributed by atoms with Crippen LogP contribution in [0.25, 0.3) is 0 Å². The van der Waals surface area contributed by atoms with E-state index in [4.69, 9.17) is 10.5 Å². The largest absolute Gasteiger partial charge is 0.483 e. The van der Waals surface area contributed by atoms with Gasteiger partial charge in [0.2, 0.25) is 0 Å². The van der Waals surface area contributed by atoms with Crippen LogP contribution in [0.15, 0.2) is 24.3 Å². The van der Waals surface area contributed by atoms with Crippen LogP contribution in [0.2, 0.25) is 0 Å². The Morgan fingerprint density at radius 1 is 1.33 bits per heavy atom. The van der Waals surface area contributed by atoms with Crippen LogP contribution in [0.3, 0.4) is 0 Å². The monoisotopic (exact) mass is 302 g/mol. The molecule has 0 bridgehead atoms. The van der Waals surface area contributed by atoms with Gasteiger partial charge < -0.3 is 15.4 Å². The van der Waals surface area contributed by atoms with Gasteiger partial charge in [-0.2, -0.15) is 13.2 Å². The lowest BCUT2D eigenvalue weighted by atomic mass is 10.2. The van der Waals surface area contributed by atoms with Crippen molar-refractivity contribution in [3.8, 4) is 5.75 Å². The minimum Gasteiger partial charge on any atom is -0.483 e. The number of amides is 1. The molecule has 116 valence electrons. The van der Waals surface area contributed by atoms with Crippen molar-refractivity contribution in [2.75, 3.05) is 13.2 Å². The van der Waals surface area contributed by atoms with Crippen molar-refractivity contribution in [1.82, 2.24) is 4.90 Å². The van der Waals surface area contributed by atoms with E-state index in [1.54, 1.807) is 24.3 Å². The van der Waals surface area contributed by atoms with Crippen LogP contribution < -0.4 is 10.5 Å². The summed E-state index contributed by atoms with van der Waals surface area (Å²) < 4.78 is 42.8. The molecule has 1 aliphatic carbocycles. The van der Waals surface area contributed by atoms with Gasteiger partial charge in [-0.25, -0.2) is 0 Å². The van der Waals surface area contributed by atoms with Crippen molar-refractivity contribution >= 4 is 5.91 Å². The van der Waals surface area contributed by atoms with E-state index in [1.807, 2.05) is 0 Å². The van der Waals surface area contributed by atoms with Crippen LogP contribution in [0.1, 0.15) is 18.4 Å². The van der Waals surface area contributed by atoms with Gasteiger partial charge in [0.05, 0.1) is 0 Å². The number of nitrogens with two attached hydrogens (primary N) is 1. The summed E-state index contributed by atoms with van der Waals surface area (Å²) in [4.78, 5) is 12.8. The second-order valence-corrected chi connectivity index (χ2v) is 4.97. The zero-order valence-corrected chi connectivity index (χ0v) is 11.4. The standard InChI is InChI=1S/C14H17F3N2O2/c15-14(16,17)9-19(11-5-6-11)13(20)8-21-12-4-2-1-3-10(12)7-18/h1-4,11H,5-9,18H2. The van der Waals surface area contributed by atoms with Crippen molar-refractivity contribution in [3.63, 3.8) is 0 Å². The van der Waals surface area contributed by atoms with Crippen LogP contribution >= 0.6 is 0 Å². The molecule has 0 spiro atoms. The summed E-state index contributed by atoms with van der Waals surface area (Å²) in [5.41, 5.74) is 6.24. The highest BCUT2D eigenvalue weighted by Gasteiger charge is 2.40. The Labute approximate surface area is 120 Å². The quantitative estimate of drug-likeness (QED) is 0.875. The van der Waals surface area contributed by atoms with E-state index in [-0.39, 0.29) is 12.6 Å². The van der Waals surface area contributed by atoms with E-state index < -0.39 is 25.2 Å². The first kappa shape index (κ1) is 15.6. The van der Waals surface area contributed by atoms with Gasteiger partial charge in [-0.1, -0.05) is 18.2 Å². The molecule has 2 N–H and O–H groups in total. The van der Waals surface area contributed by atoms with Crippen LogP contribution in [-0.2, 0) is 11.3 Å². The molecule has 4 nitrogen and oxygen atoms in total. The number of carbonyl (C=O) groups is 1. The molecule has 0 radical (unpaired) electrons. The smallest absolute Gasteiger partial charge is 0.406 e. The number of benzene rings is 1. The van der Waals surface area contributed by atoms with Gasteiger partial charge in [0.25, 0.3) is 5.91 Å². The van der Waals surface area contributed by atoms with E-state index in [9.17, 15) is 18.0 Å². The maximum Gasteiger partial charge on any atom is 0.406 e. The van der Waals surface area contributed by atoms with Gasteiger partial charge in [-0.05, 0) is 18.9 Å². The lowest BCUT2D eigenvalue weighted by Gasteiger charge is -2.24. The molecule has 1 aliphatic rings. The number of halogens is 3. The van der Waals surface area contributed by atoms with Crippen molar-refractivity contribution < 1.29 is 22.7 Å². The summed E-state index contributed by atoms with van der Waals surface area (Å²) in [5, 5.41) is 0. The average Bonchev–Trinajstić information content (AvgIpc) is 3.26. The molecule has 0 aliphatic heterocycles. The van der Waals surface area contributed by atoms with Crippen molar-refractivity contribution in [3.05, 3.63) is 29.8 Å². The Morgan fingerprint density at radius 3 is 2.57 bits per heavy atom. The second-order valence-electron chi connectivity index (χ2n) is 4.97. The molecule has 0 saturated heterocycles.